The van der Waals surface area contributed by atoms with Crippen LogP contribution in [0, 0.1) is 5.41 Å². The second-order valence-electron chi connectivity index (χ2n) is 6.58. The number of aliphatic carboxylic acids is 1. The minimum atomic E-state index is -1.11. The average molecular weight is 425 g/mol. The first kappa shape index (κ1) is 21.4. The standard InChI is InChI=1S/C23H21ClN2O4/c1-3-26-22-18(12-25)21(20(23(27)28)14(2)30-22)15-8-10-17(11-9-15)29-13-16-6-4-5-7-19(16)24/h4-11,21,25H,3,13H2,1-2H3,(H,27,28). The number of rotatable bonds is 6. The largest absolute Gasteiger partial charge is 0.489 e. The van der Waals surface area contributed by atoms with Crippen LogP contribution in [0.4, 0.5) is 0 Å². The summed E-state index contributed by atoms with van der Waals surface area (Å²) in [6.45, 7) is 4.18. The first-order valence-corrected chi connectivity index (χ1v) is 9.76. The summed E-state index contributed by atoms with van der Waals surface area (Å²) in [6.07, 6.45) is 0. The monoisotopic (exact) mass is 424 g/mol. The zero-order valence-corrected chi connectivity index (χ0v) is 17.4. The minimum absolute atomic E-state index is 0.0598. The van der Waals surface area contributed by atoms with Gasteiger partial charge in [0.2, 0.25) is 5.90 Å². The summed E-state index contributed by atoms with van der Waals surface area (Å²) in [7, 11) is 0. The minimum Gasteiger partial charge on any atom is -0.489 e. The highest BCUT2D eigenvalue weighted by molar-refractivity contribution is 6.31. The van der Waals surface area contributed by atoms with Crippen LogP contribution in [-0.4, -0.2) is 29.4 Å². The molecule has 0 amide bonds. The van der Waals surface area contributed by atoms with Crippen molar-refractivity contribution < 1.29 is 19.4 Å². The van der Waals surface area contributed by atoms with Crippen LogP contribution in [0.1, 0.15) is 30.9 Å². The topological polar surface area (TPSA) is 92.0 Å². The Kier molecular flexibility index (Phi) is 6.72. The van der Waals surface area contributed by atoms with Crippen LogP contribution < -0.4 is 4.74 Å². The Morgan fingerprint density at radius 3 is 2.57 bits per heavy atom. The van der Waals surface area contributed by atoms with Crippen LogP contribution in [-0.2, 0) is 16.1 Å². The molecule has 0 radical (unpaired) electrons. The Hall–Kier alpha value is -3.34. The van der Waals surface area contributed by atoms with Gasteiger partial charge in [-0.25, -0.2) is 4.79 Å². The second kappa shape index (κ2) is 9.44. The fourth-order valence-corrected chi connectivity index (χ4v) is 3.44. The van der Waals surface area contributed by atoms with Crippen molar-refractivity contribution in [3.63, 3.8) is 0 Å². The number of hydrogen-bond donors (Lipinski definition) is 2. The first-order chi connectivity index (χ1) is 14.5. The van der Waals surface area contributed by atoms with E-state index in [1.54, 1.807) is 37.3 Å². The van der Waals surface area contributed by atoms with E-state index >= 15 is 0 Å². The molecule has 0 saturated heterocycles. The van der Waals surface area contributed by atoms with Crippen molar-refractivity contribution in [2.75, 3.05) is 6.54 Å². The summed E-state index contributed by atoms with van der Waals surface area (Å²) in [5.41, 5.74) is 1.89. The lowest BCUT2D eigenvalue weighted by atomic mass is 9.82. The van der Waals surface area contributed by atoms with E-state index in [2.05, 4.69) is 10.9 Å². The predicted molar refractivity (Wildman–Crippen MR) is 116 cm³/mol. The molecule has 1 atom stereocenters. The molecule has 0 bridgehead atoms. The molecule has 1 aliphatic heterocycles. The summed E-state index contributed by atoms with van der Waals surface area (Å²) in [5, 5.41) is 18.1. The van der Waals surface area contributed by atoms with Gasteiger partial charge in [-0.1, -0.05) is 41.9 Å². The number of halogens is 1. The molecular formula is C23H21ClN2O4. The molecular weight excluding hydrogens is 404 g/mol. The molecule has 7 heteroatoms. The Labute approximate surface area is 179 Å². The number of ether oxygens (including phenoxy) is 2. The van der Waals surface area contributed by atoms with Crippen LogP contribution in [0.2, 0.25) is 5.02 Å². The SMILES string of the molecule is CCN=C1OC(C)=C(C(=O)O)C(c2ccc(OCc3ccccc3Cl)cc2)C1=C=N. The number of aliphatic imine (C=N–C) groups is 1. The van der Waals surface area contributed by atoms with E-state index < -0.39 is 11.9 Å². The van der Waals surface area contributed by atoms with Crippen LogP contribution in [0.5, 0.6) is 5.75 Å². The molecule has 2 aromatic carbocycles. The van der Waals surface area contributed by atoms with E-state index in [4.69, 9.17) is 26.5 Å². The molecule has 0 saturated carbocycles. The quantitative estimate of drug-likeness (QED) is 0.639. The van der Waals surface area contributed by atoms with Crippen molar-refractivity contribution in [1.82, 2.24) is 0 Å². The van der Waals surface area contributed by atoms with Crippen LogP contribution >= 0.6 is 11.6 Å². The molecule has 154 valence electrons. The average Bonchev–Trinajstić information content (AvgIpc) is 2.73. The lowest BCUT2D eigenvalue weighted by Gasteiger charge is -2.27. The number of nitrogens with one attached hydrogen (secondary N) is 1. The van der Waals surface area contributed by atoms with Gasteiger partial charge in [-0.3, -0.25) is 10.4 Å². The van der Waals surface area contributed by atoms with Gasteiger partial charge in [-0.15, -0.1) is 0 Å². The van der Waals surface area contributed by atoms with E-state index in [0.29, 0.717) is 29.5 Å². The molecule has 0 fully saturated rings. The van der Waals surface area contributed by atoms with Gasteiger partial charge in [0.25, 0.3) is 0 Å². The zero-order chi connectivity index (χ0) is 21.7. The molecule has 0 aromatic heterocycles. The third-order valence-electron chi connectivity index (χ3n) is 4.67. The predicted octanol–water partition coefficient (Wildman–Crippen LogP) is 4.98. The Balaban J connectivity index is 1.91. The van der Waals surface area contributed by atoms with Gasteiger partial charge in [0.05, 0.1) is 17.1 Å². The van der Waals surface area contributed by atoms with E-state index in [9.17, 15) is 9.90 Å². The lowest BCUT2D eigenvalue weighted by Crippen LogP contribution is -2.27. The Morgan fingerprint density at radius 2 is 1.97 bits per heavy atom. The van der Waals surface area contributed by atoms with Crippen molar-refractivity contribution in [3.8, 4) is 5.75 Å². The molecule has 2 N–H and O–H groups in total. The highest BCUT2D eigenvalue weighted by atomic mass is 35.5. The van der Waals surface area contributed by atoms with Crippen LogP contribution in [0.3, 0.4) is 0 Å². The van der Waals surface area contributed by atoms with Crippen LogP contribution in [0.25, 0.3) is 0 Å². The van der Waals surface area contributed by atoms with Gasteiger partial charge in [-0.2, -0.15) is 0 Å². The van der Waals surface area contributed by atoms with Crippen molar-refractivity contribution in [1.29, 1.82) is 5.41 Å². The van der Waals surface area contributed by atoms with Crippen molar-refractivity contribution in [3.05, 3.63) is 81.6 Å². The fraction of sp³-hybridized carbons (Fsp3) is 0.217. The normalized spacial score (nSPS) is 17.5. The van der Waals surface area contributed by atoms with E-state index in [1.807, 2.05) is 25.1 Å². The van der Waals surface area contributed by atoms with Crippen molar-refractivity contribution in [2.45, 2.75) is 26.4 Å². The molecule has 2 aromatic rings. The Bertz CT molecular complexity index is 1070. The van der Waals surface area contributed by atoms with Gasteiger partial charge < -0.3 is 14.6 Å². The van der Waals surface area contributed by atoms with Gasteiger partial charge in [0.1, 0.15) is 18.1 Å². The first-order valence-electron chi connectivity index (χ1n) is 9.38. The number of hydrogen-bond acceptors (Lipinski definition) is 5. The van der Waals surface area contributed by atoms with Gasteiger partial charge >= 0.3 is 5.97 Å². The maximum absolute atomic E-state index is 11.9. The summed E-state index contributed by atoms with van der Waals surface area (Å²) in [6, 6.07) is 14.5. The number of carbonyl (C=O) groups is 1. The van der Waals surface area contributed by atoms with Crippen molar-refractivity contribution in [2.24, 2.45) is 4.99 Å². The number of benzene rings is 2. The maximum atomic E-state index is 11.9. The molecule has 3 rings (SSSR count). The summed E-state index contributed by atoms with van der Waals surface area (Å²) >= 11 is 6.16. The second-order valence-corrected chi connectivity index (χ2v) is 6.98. The molecule has 1 unspecified atom stereocenters. The maximum Gasteiger partial charge on any atom is 0.336 e. The number of allylic oxidation sites excluding steroid dienone is 1. The number of carboxylic acids is 1. The summed E-state index contributed by atoms with van der Waals surface area (Å²) < 4.78 is 11.4. The van der Waals surface area contributed by atoms with Crippen molar-refractivity contribution >= 4 is 29.3 Å². The van der Waals surface area contributed by atoms with E-state index in [0.717, 1.165) is 5.56 Å². The Morgan fingerprint density at radius 1 is 1.27 bits per heavy atom. The molecule has 6 nitrogen and oxygen atoms in total. The fourth-order valence-electron chi connectivity index (χ4n) is 3.25. The lowest BCUT2D eigenvalue weighted by molar-refractivity contribution is -0.133. The summed E-state index contributed by atoms with van der Waals surface area (Å²) in [4.78, 5) is 16.2. The molecule has 0 spiro atoms. The molecule has 0 aliphatic carbocycles. The van der Waals surface area contributed by atoms with Gasteiger partial charge in [0, 0.05) is 17.1 Å². The van der Waals surface area contributed by atoms with Gasteiger partial charge in [0.15, 0.2) is 0 Å². The number of carboxylic acid groups (broad SMARTS) is 1. The number of nitrogens with zero attached hydrogens (tertiary/aromatic N) is 1. The third-order valence-corrected chi connectivity index (χ3v) is 5.04. The smallest absolute Gasteiger partial charge is 0.336 e. The summed E-state index contributed by atoms with van der Waals surface area (Å²) in [5.74, 6) is 1.59. The zero-order valence-electron chi connectivity index (χ0n) is 16.6. The van der Waals surface area contributed by atoms with E-state index in [-0.39, 0.29) is 22.8 Å². The molecule has 1 aliphatic rings. The molecule has 30 heavy (non-hydrogen) atoms. The molecule has 1 heterocycles. The van der Waals surface area contributed by atoms with Gasteiger partial charge in [-0.05, 0) is 43.5 Å². The highest BCUT2D eigenvalue weighted by Gasteiger charge is 2.37. The van der Waals surface area contributed by atoms with Crippen LogP contribution in [0.15, 0.2) is 70.4 Å². The highest BCUT2D eigenvalue weighted by Crippen LogP contribution is 2.38. The van der Waals surface area contributed by atoms with E-state index in [1.165, 1.54) is 0 Å². The third kappa shape index (κ3) is 4.46.